The van der Waals surface area contributed by atoms with E-state index in [0.717, 1.165) is 22.7 Å². The molecule has 0 aromatic heterocycles. The summed E-state index contributed by atoms with van der Waals surface area (Å²) in [7, 11) is 0. The van der Waals surface area contributed by atoms with E-state index in [1.807, 2.05) is 0 Å². The van der Waals surface area contributed by atoms with E-state index in [2.05, 4.69) is 168 Å². The van der Waals surface area contributed by atoms with Gasteiger partial charge in [0.1, 0.15) is 0 Å². The van der Waals surface area contributed by atoms with Crippen molar-refractivity contribution >= 4 is 55.7 Å². The smallest absolute Gasteiger partial charge is 0.0618 e. The van der Waals surface area contributed by atoms with E-state index in [9.17, 15) is 0 Å². The van der Waals surface area contributed by atoms with Crippen molar-refractivity contribution in [1.29, 1.82) is 0 Å². The monoisotopic (exact) mass is 510 g/mol. The number of benzene rings is 7. The van der Waals surface area contributed by atoms with E-state index in [4.69, 9.17) is 0 Å². The third kappa shape index (κ3) is 3.50. The van der Waals surface area contributed by atoms with Crippen molar-refractivity contribution in [2.24, 2.45) is 0 Å². The SMILES string of the molecule is c1ccc(N(c2ccccc2)c2ccc(N3c4c(ccc5ccccc45)-c4cccc5cccc3c45)cc2)cc1. The Kier molecular flexibility index (Phi) is 5.17. The number of hydrogen-bond acceptors (Lipinski definition) is 2. The summed E-state index contributed by atoms with van der Waals surface area (Å²) in [6.07, 6.45) is 0. The first kappa shape index (κ1) is 22.6. The zero-order valence-corrected chi connectivity index (χ0v) is 21.9. The summed E-state index contributed by atoms with van der Waals surface area (Å²) < 4.78 is 0. The first-order valence-electron chi connectivity index (χ1n) is 13.7. The lowest BCUT2D eigenvalue weighted by molar-refractivity contribution is 1.26. The molecule has 0 bridgehead atoms. The quantitative estimate of drug-likeness (QED) is 0.232. The third-order valence-electron chi connectivity index (χ3n) is 7.93. The van der Waals surface area contributed by atoms with Gasteiger partial charge >= 0.3 is 0 Å². The fourth-order valence-corrected chi connectivity index (χ4v) is 6.19. The lowest BCUT2D eigenvalue weighted by Gasteiger charge is -2.35. The van der Waals surface area contributed by atoms with E-state index >= 15 is 0 Å². The van der Waals surface area contributed by atoms with E-state index in [0.29, 0.717) is 0 Å². The van der Waals surface area contributed by atoms with Crippen LogP contribution in [0.3, 0.4) is 0 Å². The maximum Gasteiger partial charge on any atom is 0.0618 e. The lowest BCUT2D eigenvalue weighted by Crippen LogP contribution is -2.16. The van der Waals surface area contributed by atoms with Crippen LogP contribution < -0.4 is 9.80 Å². The Balaban J connectivity index is 1.34. The van der Waals surface area contributed by atoms with E-state index < -0.39 is 0 Å². The van der Waals surface area contributed by atoms with E-state index in [1.165, 1.54) is 44.0 Å². The molecule has 2 heteroatoms. The van der Waals surface area contributed by atoms with Gasteiger partial charge in [-0.3, -0.25) is 0 Å². The summed E-state index contributed by atoms with van der Waals surface area (Å²) in [4.78, 5) is 4.76. The highest BCUT2D eigenvalue weighted by Crippen LogP contribution is 2.53. The van der Waals surface area contributed by atoms with Crippen LogP contribution in [0.1, 0.15) is 0 Å². The Bertz CT molecular complexity index is 1950. The number of para-hydroxylation sites is 2. The number of anilines is 6. The second-order valence-corrected chi connectivity index (χ2v) is 10.2. The van der Waals surface area contributed by atoms with Crippen molar-refractivity contribution < 1.29 is 0 Å². The average molecular weight is 511 g/mol. The van der Waals surface area contributed by atoms with Gasteiger partial charge in [-0.05, 0) is 70.9 Å². The minimum Gasteiger partial charge on any atom is -0.311 e. The topological polar surface area (TPSA) is 6.48 Å². The van der Waals surface area contributed by atoms with Gasteiger partial charge in [-0.1, -0.05) is 103 Å². The molecule has 1 aliphatic rings. The molecular weight excluding hydrogens is 484 g/mol. The molecule has 0 N–H and O–H groups in total. The van der Waals surface area contributed by atoms with Crippen LogP contribution in [0.5, 0.6) is 0 Å². The summed E-state index contributed by atoms with van der Waals surface area (Å²) >= 11 is 0. The van der Waals surface area contributed by atoms with Crippen molar-refractivity contribution in [3.63, 3.8) is 0 Å². The van der Waals surface area contributed by atoms with Crippen molar-refractivity contribution in [2.75, 3.05) is 9.80 Å². The molecule has 7 aromatic rings. The summed E-state index contributed by atoms with van der Waals surface area (Å²) in [5, 5.41) is 5.06. The van der Waals surface area contributed by atoms with Gasteiger partial charge in [0.05, 0.1) is 11.4 Å². The van der Waals surface area contributed by atoms with E-state index in [-0.39, 0.29) is 0 Å². The van der Waals surface area contributed by atoms with Crippen molar-refractivity contribution in [1.82, 2.24) is 0 Å². The highest BCUT2D eigenvalue weighted by atomic mass is 15.2. The van der Waals surface area contributed by atoms with Crippen LogP contribution in [0.2, 0.25) is 0 Å². The van der Waals surface area contributed by atoms with Crippen LogP contribution in [0, 0.1) is 0 Å². The number of hydrogen-bond donors (Lipinski definition) is 0. The predicted molar refractivity (Wildman–Crippen MR) is 170 cm³/mol. The van der Waals surface area contributed by atoms with E-state index in [1.54, 1.807) is 0 Å². The largest absolute Gasteiger partial charge is 0.311 e. The Hall–Kier alpha value is -5.34. The van der Waals surface area contributed by atoms with Crippen LogP contribution in [-0.2, 0) is 0 Å². The average Bonchev–Trinajstić information content (AvgIpc) is 3.03. The standard InChI is InChI=1S/C38H26N2/c1-3-14-29(15-4-1)39(30-16-5-2-6-17-30)31-22-24-32(25-23-31)40-36-20-10-13-28-12-9-19-34(37(28)36)35-26-21-27-11-7-8-18-33(27)38(35)40/h1-26H. The molecule has 0 aliphatic carbocycles. The van der Waals surface area contributed by atoms with Gasteiger partial charge in [0, 0.05) is 39.1 Å². The number of fused-ring (bicyclic) bond motifs is 4. The zero-order chi connectivity index (χ0) is 26.5. The molecule has 0 unspecified atom stereocenters. The summed E-state index contributed by atoms with van der Waals surface area (Å²) in [6, 6.07) is 56.6. The molecule has 188 valence electrons. The van der Waals surface area contributed by atoms with Crippen LogP contribution in [0.25, 0.3) is 32.7 Å². The second-order valence-electron chi connectivity index (χ2n) is 10.2. The van der Waals surface area contributed by atoms with Gasteiger partial charge in [0.2, 0.25) is 0 Å². The van der Waals surface area contributed by atoms with Crippen LogP contribution in [-0.4, -0.2) is 0 Å². The minimum atomic E-state index is 1.12. The molecule has 1 heterocycles. The van der Waals surface area contributed by atoms with Crippen molar-refractivity contribution in [2.45, 2.75) is 0 Å². The Morgan fingerprint density at radius 3 is 1.73 bits per heavy atom. The molecule has 1 aliphatic heterocycles. The summed E-state index contributed by atoms with van der Waals surface area (Å²) in [6.45, 7) is 0. The molecule has 7 aromatic carbocycles. The fourth-order valence-electron chi connectivity index (χ4n) is 6.19. The third-order valence-corrected chi connectivity index (χ3v) is 7.93. The van der Waals surface area contributed by atoms with Gasteiger partial charge in [-0.15, -0.1) is 0 Å². The van der Waals surface area contributed by atoms with Gasteiger partial charge < -0.3 is 9.80 Å². The molecule has 0 amide bonds. The van der Waals surface area contributed by atoms with Gasteiger partial charge in [-0.25, -0.2) is 0 Å². The summed E-state index contributed by atoms with van der Waals surface area (Å²) in [5.74, 6) is 0. The molecule has 0 fully saturated rings. The first-order chi connectivity index (χ1) is 19.9. The van der Waals surface area contributed by atoms with Gasteiger partial charge in [0.15, 0.2) is 0 Å². The van der Waals surface area contributed by atoms with Crippen molar-refractivity contribution in [3.05, 3.63) is 158 Å². The fraction of sp³-hybridized carbons (Fsp3) is 0. The highest BCUT2D eigenvalue weighted by Gasteiger charge is 2.27. The number of nitrogens with zero attached hydrogens (tertiary/aromatic N) is 2. The molecule has 0 radical (unpaired) electrons. The van der Waals surface area contributed by atoms with Crippen LogP contribution in [0.4, 0.5) is 34.1 Å². The minimum absolute atomic E-state index is 1.12. The molecule has 0 atom stereocenters. The zero-order valence-electron chi connectivity index (χ0n) is 21.9. The molecule has 40 heavy (non-hydrogen) atoms. The Morgan fingerprint density at radius 2 is 1.00 bits per heavy atom. The highest BCUT2D eigenvalue weighted by molar-refractivity contribution is 6.18. The molecule has 8 rings (SSSR count). The molecule has 0 saturated carbocycles. The second kappa shape index (κ2) is 9.14. The van der Waals surface area contributed by atoms with Gasteiger partial charge in [0.25, 0.3) is 0 Å². The lowest BCUT2D eigenvalue weighted by atomic mass is 9.88. The van der Waals surface area contributed by atoms with Crippen LogP contribution >= 0.6 is 0 Å². The van der Waals surface area contributed by atoms with Crippen molar-refractivity contribution in [3.8, 4) is 11.1 Å². The molecule has 0 saturated heterocycles. The molecule has 2 nitrogen and oxygen atoms in total. The molecule has 0 spiro atoms. The maximum absolute atomic E-state index is 2.45. The summed E-state index contributed by atoms with van der Waals surface area (Å²) in [5.41, 5.74) is 9.54. The van der Waals surface area contributed by atoms with Crippen LogP contribution in [0.15, 0.2) is 158 Å². The maximum atomic E-state index is 2.45. The molecular formula is C38H26N2. The number of rotatable bonds is 4. The first-order valence-corrected chi connectivity index (χ1v) is 13.7. The predicted octanol–water partition coefficient (Wildman–Crippen LogP) is 10.9. The Morgan fingerprint density at radius 1 is 0.400 bits per heavy atom. The Labute approximate surface area is 234 Å². The van der Waals surface area contributed by atoms with Gasteiger partial charge in [-0.2, -0.15) is 0 Å². The normalized spacial score (nSPS) is 11.9.